The predicted molar refractivity (Wildman–Crippen MR) is 111 cm³/mol. The number of rotatable bonds is 9. The van der Waals surface area contributed by atoms with Gasteiger partial charge < -0.3 is 20.5 Å². The number of ether oxygens (including phenoxy) is 1. The Labute approximate surface area is 168 Å². The lowest BCUT2D eigenvalue weighted by Gasteiger charge is -2.29. The van der Waals surface area contributed by atoms with Gasteiger partial charge in [0.25, 0.3) is 0 Å². The van der Waals surface area contributed by atoms with Crippen LogP contribution in [0.1, 0.15) is 46.6 Å². The maximum absolute atomic E-state index is 13.0. The molecule has 1 aromatic rings. The van der Waals surface area contributed by atoms with Crippen molar-refractivity contribution in [1.82, 2.24) is 10.6 Å². The third-order valence-corrected chi connectivity index (χ3v) is 4.14. The van der Waals surface area contributed by atoms with Crippen molar-refractivity contribution < 1.29 is 19.4 Å². The summed E-state index contributed by atoms with van der Waals surface area (Å²) in [5.74, 6) is -0.352. The van der Waals surface area contributed by atoms with Crippen LogP contribution in [0.3, 0.4) is 0 Å². The number of carbonyl (C=O) groups excluding carboxylic acids is 2. The van der Waals surface area contributed by atoms with Crippen LogP contribution >= 0.6 is 0 Å². The van der Waals surface area contributed by atoms with Crippen molar-refractivity contribution >= 4 is 12.0 Å². The monoisotopic (exact) mass is 390 g/mol. The highest BCUT2D eigenvalue weighted by Gasteiger charge is 2.29. The van der Waals surface area contributed by atoms with Crippen LogP contribution in [0.2, 0.25) is 0 Å². The molecule has 0 saturated heterocycles. The predicted octanol–water partition coefficient (Wildman–Crippen LogP) is 3.20. The summed E-state index contributed by atoms with van der Waals surface area (Å²) < 4.78 is 5.30. The lowest BCUT2D eigenvalue weighted by molar-refractivity contribution is -0.125. The molecule has 6 heteroatoms. The molecule has 0 aliphatic heterocycles. The van der Waals surface area contributed by atoms with Crippen LogP contribution in [0.15, 0.2) is 43.0 Å². The molecule has 0 radical (unpaired) electrons. The number of amides is 2. The maximum atomic E-state index is 13.0. The minimum atomic E-state index is -0.825. The number of hydrogen-bond acceptors (Lipinski definition) is 4. The van der Waals surface area contributed by atoms with Gasteiger partial charge in [-0.2, -0.15) is 0 Å². The molecule has 0 saturated carbocycles. The van der Waals surface area contributed by atoms with Crippen molar-refractivity contribution in [2.45, 2.75) is 71.2 Å². The van der Waals surface area contributed by atoms with Gasteiger partial charge in [0.2, 0.25) is 5.91 Å². The van der Waals surface area contributed by atoms with Crippen LogP contribution in [-0.2, 0) is 16.0 Å². The van der Waals surface area contributed by atoms with Crippen molar-refractivity contribution in [3.05, 3.63) is 48.6 Å². The summed E-state index contributed by atoms with van der Waals surface area (Å²) in [5, 5.41) is 15.9. The Bertz CT molecular complexity index is 638. The molecule has 0 bridgehead atoms. The summed E-state index contributed by atoms with van der Waals surface area (Å²) in [6, 6.07) is 8.15. The fourth-order valence-electron chi connectivity index (χ4n) is 2.80. The number of benzene rings is 1. The molecule has 3 N–H and O–H groups in total. The highest BCUT2D eigenvalue weighted by atomic mass is 16.6. The fourth-order valence-corrected chi connectivity index (χ4v) is 2.80. The second-order valence-corrected chi connectivity index (χ2v) is 8.26. The van der Waals surface area contributed by atoms with Crippen LogP contribution in [0.4, 0.5) is 4.79 Å². The van der Waals surface area contributed by atoms with Crippen molar-refractivity contribution in [1.29, 1.82) is 0 Å². The molecule has 1 aromatic carbocycles. The van der Waals surface area contributed by atoms with Crippen molar-refractivity contribution in [3.8, 4) is 0 Å². The molecular weight excluding hydrogens is 356 g/mol. The first-order chi connectivity index (χ1) is 13.0. The van der Waals surface area contributed by atoms with Crippen molar-refractivity contribution in [2.75, 3.05) is 0 Å². The lowest BCUT2D eigenvalue weighted by atomic mass is 9.95. The van der Waals surface area contributed by atoms with E-state index in [1.54, 1.807) is 26.8 Å². The first-order valence-electron chi connectivity index (χ1n) is 9.66. The largest absolute Gasteiger partial charge is 0.444 e. The van der Waals surface area contributed by atoms with E-state index in [9.17, 15) is 14.7 Å². The average Bonchev–Trinajstić information content (AvgIpc) is 2.58. The number of aliphatic hydroxyl groups excluding tert-OH is 1. The molecule has 28 heavy (non-hydrogen) atoms. The van der Waals surface area contributed by atoms with E-state index in [1.807, 2.05) is 44.2 Å². The third-order valence-electron chi connectivity index (χ3n) is 4.14. The van der Waals surface area contributed by atoms with Gasteiger partial charge in [-0.25, -0.2) is 4.79 Å². The topological polar surface area (TPSA) is 87.7 Å². The van der Waals surface area contributed by atoms with E-state index in [4.69, 9.17) is 4.74 Å². The highest BCUT2D eigenvalue weighted by Crippen LogP contribution is 2.13. The summed E-state index contributed by atoms with van der Waals surface area (Å²) in [6.45, 7) is 12.8. The Morgan fingerprint density at radius 3 is 2.29 bits per heavy atom. The highest BCUT2D eigenvalue weighted by molar-refractivity contribution is 5.86. The molecule has 0 aliphatic carbocycles. The summed E-state index contributed by atoms with van der Waals surface area (Å²) in [4.78, 5) is 25.2. The first kappa shape index (κ1) is 23.7. The summed E-state index contributed by atoms with van der Waals surface area (Å²) in [6.07, 6.45) is 0.893. The number of nitrogens with one attached hydrogen (secondary N) is 2. The van der Waals surface area contributed by atoms with Gasteiger partial charge in [-0.15, -0.1) is 6.58 Å². The zero-order valence-corrected chi connectivity index (χ0v) is 17.6. The van der Waals surface area contributed by atoms with Gasteiger partial charge >= 0.3 is 6.09 Å². The molecule has 2 amide bonds. The molecule has 0 spiro atoms. The second kappa shape index (κ2) is 10.9. The van der Waals surface area contributed by atoms with Crippen LogP contribution < -0.4 is 10.6 Å². The molecular formula is C22H34N2O4. The summed E-state index contributed by atoms with van der Waals surface area (Å²) in [5.41, 5.74) is 0.241. The van der Waals surface area contributed by atoms with E-state index in [-0.39, 0.29) is 11.8 Å². The van der Waals surface area contributed by atoms with Crippen molar-refractivity contribution in [2.24, 2.45) is 5.92 Å². The van der Waals surface area contributed by atoms with Gasteiger partial charge in [-0.1, -0.05) is 50.3 Å². The van der Waals surface area contributed by atoms with Crippen LogP contribution in [0.25, 0.3) is 0 Å². The Morgan fingerprint density at radius 2 is 1.79 bits per heavy atom. The average molecular weight is 391 g/mol. The van der Waals surface area contributed by atoms with Gasteiger partial charge in [0.1, 0.15) is 11.6 Å². The van der Waals surface area contributed by atoms with E-state index >= 15 is 0 Å². The molecule has 0 unspecified atom stereocenters. The van der Waals surface area contributed by atoms with Gasteiger partial charge in [-0.05, 0) is 38.7 Å². The maximum Gasteiger partial charge on any atom is 0.408 e. The standard InChI is InChI=1S/C22H34N2O4/c1-7-11-18(25)19(15(2)3)24-20(26)17(14-16-12-9-8-10-13-16)23-21(27)28-22(4,5)6/h7-10,12-13,15,17-19,25H,1,11,14H2,2-6H3,(H,23,27)(H,24,26)/t17-,18-,19-/m0/s1. The van der Waals surface area contributed by atoms with Crippen molar-refractivity contribution in [3.63, 3.8) is 0 Å². The van der Waals surface area contributed by atoms with E-state index in [1.165, 1.54) is 0 Å². The molecule has 3 atom stereocenters. The van der Waals surface area contributed by atoms with E-state index in [2.05, 4.69) is 17.2 Å². The quantitative estimate of drug-likeness (QED) is 0.565. The van der Waals surface area contributed by atoms with Gasteiger partial charge in [0, 0.05) is 6.42 Å². The van der Waals surface area contributed by atoms with E-state index < -0.39 is 29.9 Å². The lowest BCUT2D eigenvalue weighted by Crippen LogP contribution is -2.55. The fraction of sp³-hybridized carbons (Fsp3) is 0.545. The van der Waals surface area contributed by atoms with E-state index in [0.717, 1.165) is 5.56 Å². The molecule has 0 aliphatic rings. The zero-order chi connectivity index (χ0) is 21.3. The SMILES string of the molecule is C=CC[C@H](O)[C@@H](NC(=O)[C@H](Cc1ccccc1)NC(=O)OC(C)(C)C)C(C)C. The second-order valence-electron chi connectivity index (χ2n) is 8.26. The van der Waals surface area contributed by atoms with Gasteiger partial charge in [-0.3, -0.25) is 4.79 Å². The molecule has 6 nitrogen and oxygen atoms in total. The summed E-state index contributed by atoms with van der Waals surface area (Å²) in [7, 11) is 0. The Morgan fingerprint density at radius 1 is 1.18 bits per heavy atom. The van der Waals surface area contributed by atoms with E-state index in [0.29, 0.717) is 12.8 Å². The normalized spacial score (nSPS) is 14.7. The summed E-state index contributed by atoms with van der Waals surface area (Å²) >= 11 is 0. The Kier molecular flexibility index (Phi) is 9.19. The number of hydrogen-bond donors (Lipinski definition) is 3. The molecule has 0 aromatic heterocycles. The van der Waals surface area contributed by atoms with Gasteiger partial charge in [0.05, 0.1) is 12.1 Å². The van der Waals surface area contributed by atoms with Gasteiger partial charge in [0.15, 0.2) is 0 Å². The smallest absolute Gasteiger partial charge is 0.408 e. The molecule has 0 fully saturated rings. The zero-order valence-electron chi connectivity index (χ0n) is 17.6. The molecule has 0 heterocycles. The van der Waals surface area contributed by atoms with Crippen LogP contribution in [-0.4, -0.2) is 40.9 Å². The third kappa shape index (κ3) is 8.57. The van der Waals surface area contributed by atoms with Crippen LogP contribution in [0, 0.1) is 5.92 Å². The number of alkyl carbamates (subject to hydrolysis) is 1. The number of aliphatic hydroxyl groups is 1. The van der Waals surface area contributed by atoms with Crippen LogP contribution in [0.5, 0.6) is 0 Å². The number of carbonyl (C=O) groups is 2. The Hall–Kier alpha value is -2.34. The first-order valence-corrected chi connectivity index (χ1v) is 9.66. The minimum absolute atomic E-state index is 0.0119. The minimum Gasteiger partial charge on any atom is -0.444 e. The molecule has 1 rings (SSSR count). The Balaban J connectivity index is 2.96. The molecule has 156 valence electrons.